The highest BCUT2D eigenvalue weighted by Crippen LogP contribution is 2.37. The maximum Gasteiger partial charge on any atom is 0.317 e. The number of aromatic nitrogens is 1. The zero-order valence-electron chi connectivity index (χ0n) is 16.0. The molecule has 28 heavy (non-hydrogen) atoms. The summed E-state index contributed by atoms with van der Waals surface area (Å²) < 4.78 is 0. The Balaban J connectivity index is 1.82. The monoisotopic (exact) mass is 376 g/mol. The molecule has 1 aromatic heterocycles. The Bertz CT molecular complexity index is 970. The van der Waals surface area contributed by atoms with Crippen LogP contribution in [0.25, 0.3) is 5.57 Å². The Kier molecular flexibility index (Phi) is 4.86. The van der Waals surface area contributed by atoms with E-state index in [9.17, 15) is 9.59 Å². The number of nitrogens with one attached hydrogen (secondary N) is 1. The first-order valence-corrected chi connectivity index (χ1v) is 9.64. The van der Waals surface area contributed by atoms with Crippen LogP contribution < -0.4 is 11.1 Å². The SMILES string of the molecule is CNC(=O)N1CCC(=C2c3ccc(C(N)=O)cc3CCc3cccnc32)CC1. The molecule has 1 saturated heterocycles. The molecule has 1 aliphatic carbocycles. The molecular weight excluding hydrogens is 352 g/mol. The standard InChI is InChI=1S/C22H24N4O2/c1-24-22(28)26-11-8-14(9-12-26)19-18-7-6-17(21(23)27)13-16(18)5-4-15-3-2-10-25-20(15)19/h2-3,6-7,10,13H,4-5,8-9,11-12H2,1H3,(H2,23,27)(H,24,28). The molecule has 0 bridgehead atoms. The average Bonchev–Trinajstić information content (AvgIpc) is 2.89. The molecule has 144 valence electrons. The summed E-state index contributed by atoms with van der Waals surface area (Å²) >= 11 is 0. The number of piperidine rings is 1. The van der Waals surface area contributed by atoms with E-state index < -0.39 is 5.91 Å². The number of pyridine rings is 1. The average molecular weight is 376 g/mol. The number of rotatable bonds is 1. The second-order valence-corrected chi connectivity index (χ2v) is 7.27. The predicted octanol–water partition coefficient (Wildman–Crippen LogP) is 2.52. The van der Waals surface area contributed by atoms with E-state index in [1.165, 1.54) is 11.1 Å². The molecule has 0 saturated carbocycles. The summed E-state index contributed by atoms with van der Waals surface area (Å²) in [6, 6.07) is 9.80. The number of urea groups is 1. The lowest BCUT2D eigenvalue weighted by atomic mass is 9.88. The van der Waals surface area contributed by atoms with E-state index in [0.29, 0.717) is 18.7 Å². The Labute approximate surface area is 164 Å². The van der Waals surface area contributed by atoms with Crippen LogP contribution in [0.4, 0.5) is 4.79 Å². The van der Waals surface area contributed by atoms with E-state index in [0.717, 1.165) is 48.1 Å². The summed E-state index contributed by atoms with van der Waals surface area (Å²) in [5.41, 5.74) is 13.0. The number of carbonyl (C=O) groups excluding carboxylic acids is 2. The highest BCUT2D eigenvalue weighted by atomic mass is 16.2. The van der Waals surface area contributed by atoms with Crippen molar-refractivity contribution < 1.29 is 9.59 Å². The number of hydrogen-bond donors (Lipinski definition) is 2. The summed E-state index contributed by atoms with van der Waals surface area (Å²) in [6.45, 7) is 1.38. The molecule has 1 fully saturated rings. The van der Waals surface area contributed by atoms with Gasteiger partial charge in [-0.25, -0.2) is 4.79 Å². The van der Waals surface area contributed by atoms with E-state index in [1.54, 1.807) is 13.1 Å². The fraction of sp³-hybridized carbons (Fsp3) is 0.318. The Hall–Kier alpha value is -3.15. The van der Waals surface area contributed by atoms with Gasteiger partial charge in [-0.3, -0.25) is 9.78 Å². The summed E-state index contributed by atoms with van der Waals surface area (Å²) in [5, 5.41) is 2.70. The van der Waals surface area contributed by atoms with Crippen LogP contribution in [0, 0.1) is 0 Å². The Morgan fingerprint density at radius 2 is 1.82 bits per heavy atom. The minimum atomic E-state index is -0.407. The molecule has 3 N–H and O–H groups in total. The quantitative estimate of drug-likeness (QED) is 0.802. The number of benzene rings is 1. The van der Waals surface area contributed by atoms with Crippen molar-refractivity contribution in [3.63, 3.8) is 0 Å². The molecule has 2 aromatic rings. The van der Waals surface area contributed by atoms with E-state index in [-0.39, 0.29) is 6.03 Å². The second-order valence-electron chi connectivity index (χ2n) is 7.27. The Morgan fingerprint density at radius 1 is 1.07 bits per heavy atom. The van der Waals surface area contributed by atoms with Crippen molar-refractivity contribution in [3.05, 3.63) is 70.0 Å². The van der Waals surface area contributed by atoms with Gasteiger partial charge in [-0.1, -0.05) is 17.7 Å². The van der Waals surface area contributed by atoms with Crippen LogP contribution in [0.3, 0.4) is 0 Å². The molecule has 0 spiro atoms. The number of aryl methyl sites for hydroxylation is 2. The molecule has 2 aliphatic rings. The number of carbonyl (C=O) groups is 2. The van der Waals surface area contributed by atoms with Gasteiger partial charge in [-0.15, -0.1) is 0 Å². The van der Waals surface area contributed by atoms with Crippen LogP contribution in [0.2, 0.25) is 0 Å². The second kappa shape index (κ2) is 7.46. The molecule has 4 rings (SSSR count). The van der Waals surface area contributed by atoms with Crippen LogP contribution in [0.5, 0.6) is 0 Å². The van der Waals surface area contributed by atoms with Crippen molar-refractivity contribution in [3.8, 4) is 0 Å². The first-order chi connectivity index (χ1) is 13.6. The van der Waals surface area contributed by atoms with Gasteiger partial charge in [-0.05, 0) is 60.6 Å². The molecule has 2 heterocycles. The van der Waals surface area contributed by atoms with Crippen molar-refractivity contribution >= 4 is 17.5 Å². The zero-order valence-corrected chi connectivity index (χ0v) is 16.0. The van der Waals surface area contributed by atoms with E-state index in [2.05, 4.69) is 11.4 Å². The maximum atomic E-state index is 11.9. The van der Waals surface area contributed by atoms with E-state index >= 15 is 0 Å². The van der Waals surface area contributed by atoms with Crippen LogP contribution in [-0.2, 0) is 12.8 Å². The van der Waals surface area contributed by atoms with Crippen LogP contribution in [0.1, 0.15) is 45.6 Å². The number of hydrogen-bond acceptors (Lipinski definition) is 3. The smallest absolute Gasteiger partial charge is 0.317 e. The lowest BCUT2D eigenvalue weighted by molar-refractivity contribution is 0.1000. The summed E-state index contributed by atoms with van der Waals surface area (Å²) in [4.78, 5) is 30.2. The van der Waals surface area contributed by atoms with Gasteiger partial charge in [0.05, 0.1) is 5.69 Å². The van der Waals surface area contributed by atoms with Crippen molar-refractivity contribution in [2.75, 3.05) is 20.1 Å². The number of amides is 3. The van der Waals surface area contributed by atoms with Gasteiger partial charge in [0, 0.05) is 37.5 Å². The molecule has 0 radical (unpaired) electrons. The highest BCUT2D eigenvalue weighted by molar-refractivity contribution is 5.94. The first-order valence-electron chi connectivity index (χ1n) is 9.64. The van der Waals surface area contributed by atoms with Crippen molar-refractivity contribution in [2.24, 2.45) is 5.73 Å². The van der Waals surface area contributed by atoms with Gasteiger partial charge in [0.25, 0.3) is 0 Å². The summed E-state index contributed by atoms with van der Waals surface area (Å²) in [5.74, 6) is -0.407. The lowest BCUT2D eigenvalue weighted by Crippen LogP contribution is -2.41. The van der Waals surface area contributed by atoms with Crippen molar-refractivity contribution in [1.29, 1.82) is 0 Å². The third kappa shape index (κ3) is 3.26. The first kappa shape index (κ1) is 18.2. The topological polar surface area (TPSA) is 88.3 Å². The molecule has 6 nitrogen and oxygen atoms in total. The fourth-order valence-electron chi connectivity index (χ4n) is 4.21. The van der Waals surface area contributed by atoms with Gasteiger partial charge >= 0.3 is 6.03 Å². The van der Waals surface area contributed by atoms with Crippen LogP contribution in [-0.4, -0.2) is 42.0 Å². The number of likely N-dealkylation sites (tertiary alicyclic amines) is 1. The molecule has 6 heteroatoms. The number of primary amides is 1. The van der Waals surface area contributed by atoms with Gasteiger partial charge < -0.3 is 16.0 Å². The minimum Gasteiger partial charge on any atom is -0.366 e. The molecule has 1 aliphatic heterocycles. The van der Waals surface area contributed by atoms with E-state index in [1.807, 2.05) is 29.3 Å². The molecule has 3 amide bonds. The zero-order chi connectivity index (χ0) is 19.7. The molecular formula is C22H24N4O2. The van der Waals surface area contributed by atoms with Gasteiger partial charge in [0.1, 0.15) is 0 Å². The molecule has 1 aromatic carbocycles. The summed E-state index contributed by atoms with van der Waals surface area (Å²) in [6.07, 6.45) is 5.18. The molecule has 0 atom stereocenters. The number of fused-ring (bicyclic) bond motifs is 2. The van der Waals surface area contributed by atoms with E-state index in [4.69, 9.17) is 10.7 Å². The number of nitrogens with two attached hydrogens (primary N) is 1. The highest BCUT2D eigenvalue weighted by Gasteiger charge is 2.26. The maximum absolute atomic E-state index is 11.9. The van der Waals surface area contributed by atoms with Gasteiger partial charge in [0.2, 0.25) is 5.91 Å². The third-order valence-electron chi connectivity index (χ3n) is 5.67. The van der Waals surface area contributed by atoms with Crippen molar-refractivity contribution in [1.82, 2.24) is 15.2 Å². The fourth-order valence-corrected chi connectivity index (χ4v) is 4.21. The summed E-state index contributed by atoms with van der Waals surface area (Å²) in [7, 11) is 1.66. The lowest BCUT2D eigenvalue weighted by Gasteiger charge is -2.30. The Morgan fingerprint density at radius 3 is 2.54 bits per heavy atom. The normalized spacial score (nSPS) is 16.1. The predicted molar refractivity (Wildman–Crippen MR) is 108 cm³/mol. The largest absolute Gasteiger partial charge is 0.366 e. The van der Waals surface area contributed by atoms with Crippen molar-refractivity contribution in [2.45, 2.75) is 25.7 Å². The van der Waals surface area contributed by atoms with Crippen LogP contribution in [0.15, 0.2) is 42.1 Å². The third-order valence-corrected chi connectivity index (χ3v) is 5.67. The van der Waals surface area contributed by atoms with Crippen LogP contribution >= 0.6 is 0 Å². The number of nitrogens with zero attached hydrogens (tertiary/aromatic N) is 2. The van der Waals surface area contributed by atoms with Gasteiger partial charge in [-0.2, -0.15) is 0 Å². The molecule has 0 unspecified atom stereocenters. The van der Waals surface area contributed by atoms with Gasteiger partial charge in [0.15, 0.2) is 0 Å². The minimum absolute atomic E-state index is 0.0325.